The van der Waals surface area contributed by atoms with Gasteiger partial charge in [-0.15, -0.1) is 0 Å². The molecule has 0 aromatic heterocycles. The van der Waals surface area contributed by atoms with E-state index in [-0.39, 0.29) is 35.2 Å². The Morgan fingerprint density at radius 3 is 1.34 bits per heavy atom. The molecule has 0 aliphatic rings. The molecule has 3 aromatic carbocycles. The van der Waals surface area contributed by atoms with Crippen LogP contribution < -0.4 is 9.47 Å². The van der Waals surface area contributed by atoms with E-state index in [0.717, 1.165) is 30.3 Å². The molecule has 0 fully saturated rings. The average molecular weight is 454 g/mol. The zero-order chi connectivity index (χ0) is 23.5. The van der Waals surface area contributed by atoms with Gasteiger partial charge in [0.15, 0.2) is 0 Å². The largest absolute Gasteiger partial charge is 0.457 e. The van der Waals surface area contributed by atoms with Crippen molar-refractivity contribution in [3.05, 3.63) is 82.9 Å². The summed E-state index contributed by atoms with van der Waals surface area (Å²) in [6.07, 6.45) is -9.13. The van der Waals surface area contributed by atoms with Crippen molar-refractivity contribution >= 4 is 12.6 Å². The number of benzene rings is 3. The van der Waals surface area contributed by atoms with E-state index >= 15 is 0 Å². The van der Waals surface area contributed by atoms with Gasteiger partial charge in [-0.1, -0.05) is 6.07 Å². The summed E-state index contributed by atoms with van der Waals surface area (Å²) in [6.45, 7) is 0. The Morgan fingerprint density at radius 2 is 1.00 bits per heavy atom. The number of aldehydes is 2. The summed E-state index contributed by atoms with van der Waals surface area (Å²) in [5, 5.41) is 0. The first-order chi connectivity index (χ1) is 15.0. The molecule has 0 amide bonds. The second-order valence-electron chi connectivity index (χ2n) is 6.42. The van der Waals surface area contributed by atoms with Gasteiger partial charge in [-0.2, -0.15) is 26.3 Å². The van der Waals surface area contributed by atoms with Gasteiger partial charge in [0.25, 0.3) is 0 Å². The van der Waals surface area contributed by atoms with Gasteiger partial charge < -0.3 is 9.47 Å². The smallest absolute Gasteiger partial charge is 0.420 e. The fraction of sp³-hybridized carbons (Fsp3) is 0.0909. The number of carbonyl (C=O) groups excluding carboxylic acids is 2. The van der Waals surface area contributed by atoms with Crippen LogP contribution >= 0.6 is 0 Å². The third-order valence-electron chi connectivity index (χ3n) is 4.15. The molecule has 0 aliphatic heterocycles. The molecule has 0 saturated carbocycles. The highest BCUT2D eigenvalue weighted by molar-refractivity contribution is 5.76. The van der Waals surface area contributed by atoms with Crippen molar-refractivity contribution in [2.45, 2.75) is 12.4 Å². The minimum absolute atomic E-state index is 0.148. The number of rotatable bonds is 6. The van der Waals surface area contributed by atoms with Gasteiger partial charge in [-0.25, -0.2) is 0 Å². The number of carbonyl (C=O) groups is 2. The highest BCUT2D eigenvalue weighted by Crippen LogP contribution is 2.41. The number of ether oxygens (including phenoxy) is 2. The van der Waals surface area contributed by atoms with Crippen molar-refractivity contribution in [1.82, 2.24) is 0 Å². The zero-order valence-electron chi connectivity index (χ0n) is 15.8. The Hall–Kier alpha value is -3.82. The Kier molecular flexibility index (Phi) is 6.24. The van der Waals surface area contributed by atoms with Gasteiger partial charge in [-0.05, 0) is 48.5 Å². The monoisotopic (exact) mass is 454 g/mol. The van der Waals surface area contributed by atoms with Gasteiger partial charge in [0.1, 0.15) is 35.6 Å². The summed E-state index contributed by atoms with van der Waals surface area (Å²) in [6, 6.07) is 10.4. The minimum Gasteiger partial charge on any atom is -0.457 e. The highest BCUT2D eigenvalue weighted by Gasteiger charge is 2.36. The van der Waals surface area contributed by atoms with E-state index in [9.17, 15) is 35.9 Å². The lowest BCUT2D eigenvalue weighted by atomic mass is 10.1. The number of halogens is 6. The van der Waals surface area contributed by atoms with E-state index in [1.54, 1.807) is 0 Å². The van der Waals surface area contributed by atoms with Crippen LogP contribution in [-0.2, 0) is 12.4 Å². The Balaban J connectivity index is 1.93. The molecule has 166 valence electrons. The summed E-state index contributed by atoms with van der Waals surface area (Å²) >= 11 is 0. The van der Waals surface area contributed by atoms with E-state index in [2.05, 4.69) is 0 Å². The van der Waals surface area contributed by atoms with E-state index in [1.165, 1.54) is 18.2 Å². The van der Waals surface area contributed by atoms with Gasteiger partial charge in [0.05, 0.1) is 11.1 Å². The standard InChI is InChI=1S/C22H12F6O4/c23-21(24,25)17-8-13(11-29)4-6-19(17)31-15-2-1-3-16(10-15)32-20-7-5-14(12-30)9-18(20)22(26,27)28/h1-12H. The van der Waals surface area contributed by atoms with Crippen molar-refractivity contribution in [3.63, 3.8) is 0 Å². The topological polar surface area (TPSA) is 52.6 Å². The minimum atomic E-state index is -4.82. The maximum Gasteiger partial charge on any atom is 0.420 e. The van der Waals surface area contributed by atoms with E-state index in [1.807, 2.05) is 0 Å². The van der Waals surface area contributed by atoms with Crippen molar-refractivity contribution in [2.75, 3.05) is 0 Å². The van der Waals surface area contributed by atoms with Crippen LogP contribution in [0, 0.1) is 0 Å². The van der Waals surface area contributed by atoms with Crippen LogP contribution in [0.25, 0.3) is 0 Å². The summed E-state index contributed by atoms with van der Waals surface area (Å²) in [5.41, 5.74) is -2.81. The predicted molar refractivity (Wildman–Crippen MR) is 100 cm³/mol. The fourth-order valence-electron chi connectivity index (χ4n) is 2.72. The quantitative estimate of drug-likeness (QED) is 0.299. The first kappa shape index (κ1) is 22.9. The lowest BCUT2D eigenvalue weighted by Gasteiger charge is -2.16. The second-order valence-corrected chi connectivity index (χ2v) is 6.42. The van der Waals surface area contributed by atoms with Crippen LogP contribution in [-0.4, -0.2) is 12.6 Å². The van der Waals surface area contributed by atoms with Crippen molar-refractivity contribution in [2.24, 2.45) is 0 Å². The average Bonchev–Trinajstić information content (AvgIpc) is 2.73. The fourth-order valence-corrected chi connectivity index (χ4v) is 2.72. The van der Waals surface area contributed by atoms with Gasteiger partial charge in [-0.3, -0.25) is 9.59 Å². The van der Waals surface area contributed by atoms with Crippen LogP contribution in [0.2, 0.25) is 0 Å². The van der Waals surface area contributed by atoms with Crippen LogP contribution in [0.15, 0.2) is 60.7 Å². The molecule has 0 aliphatic carbocycles. The van der Waals surface area contributed by atoms with Gasteiger partial charge in [0, 0.05) is 17.2 Å². The molecule has 0 N–H and O–H groups in total. The van der Waals surface area contributed by atoms with Crippen molar-refractivity contribution < 1.29 is 45.4 Å². The number of hydrogen-bond acceptors (Lipinski definition) is 4. The van der Waals surface area contributed by atoms with Crippen molar-refractivity contribution in [3.8, 4) is 23.0 Å². The molecule has 0 heterocycles. The molecule has 0 spiro atoms. The molecule has 0 bridgehead atoms. The first-order valence-electron chi connectivity index (χ1n) is 8.80. The van der Waals surface area contributed by atoms with E-state index in [4.69, 9.17) is 9.47 Å². The third kappa shape index (κ3) is 5.26. The van der Waals surface area contributed by atoms with Crippen LogP contribution in [0.5, 0.6) is 23.0 Å². The maximum atomic E-state index is 13.3. The van der Waals surface area contributed by atoms with Crippen LogP contribution in [0.4, 0.5) is 26.3 Å². The number of hydrogen-bond donors (Lipinski definition) is 0. The molecule has 0 radical (unpaired) electrons. The summed E-state index contributed by atoms with van der Waals surface area (Å²) in [5.74, 6) is -1.51. The Labute approximate surface area is 177 Å². The molecule has 0 unspecified atom stereocenters. The molecule has 3 rings (SSSR count). The maximum absolute atomic E-state index is 13.3. The van der Waals surface area contributed by atoms with Crippen molar-refractivity contribution in [1.29, 1.82) is 0 Å². The SMILES string of the molecule is O=Cc1ccc(Oc2cccc(Oc3ccc(C=O)cc3C(F)(F)F)c2)c(C(F)(F)F)c1. The lowest BCUT2D eigenvalue weighted by molar-refractivity contribution is -0.139. The molecular weight excluding hydrogens is 442 g/mol. The lowest BCUT2D eigenvalue weighted by Crippen LogP contribution is -2.08. The normalized spacial score (nSPS) is 11.7. The molecule has 4 nitrogen and oxygen atoms in total. The molecular formula is C22H12F6O4. The predicted octanol–water partition coefficient (Wildman–Crippen LogP) is 6.93. The van der Waals surface area contributed by atoms with Crippen LogP contribution in [0.3, 0.4) is 0 Å². The Bertz CT molecular complexity index is 1070. The third-order valence-corrected chi connectivity index (χ3v) is 4.15. The number of alkyl halides is 6. The molecule has 0 saturated heterocycles. The molecule has 32 heavy (non-hydrogen) atoms. The summed E-state index contributed by atoms with van der Waals surface area (Å²) in [7, 11) is 0. The van der Waals surface area contributed by atoms with E-state index < -0.39 is 35.0 Å². The summed E-state index contributed by atoms with van der Waals surface area (Å²) in [4.78, 5) is 21.6. The molecule has 10 heteroatoms. The van der Waals surface area contributed by atoms with Crippen LogP contribution in [0.1, 0.15) is 31.8 Å². The highest BCUT2D eigenvalue weighted by atomic mass is 19.4. The Morgan fingerprint density at radius 1 is 0.594 bits per heavy atom. The molecule has 0 atom stereocenters. The second kappa shape index (κ2) is 8.74. The van der Waals surface area contributed by atoms with E-state index in [0.29, 0.717) is 12.1 Å². The zero-order valence-corrected chi connectivity index (χ0v) is 15.8. The summed E-state index contributed by atoms with van der Waals surface area (Å²) < 4.78 is 90.3. The van der Waals surface area contributed by atoms with Gasteiger partial charge in [0.2, 0.25) is 0 Å². The van der Waals surface area contributed by atoms with Gasteiger partial charge >= 0.3 is 12.4 Å². The molecule has 3 aromatic rings. The first-order valence-corrected chi connectivity index (χ1v) is 8.80.